The van der Waals surface area contributed by atoms with Crippen LogP contribution in [0.3, 0.4) is 0 Å². The number of carbonyl (C=O) groups excluding carboxylic acids is 4. The van der Waals surface area contributed by atoms with Gasteiger partial charge in [-0.3, -0.25) is 19.1 Å². The van der Waals surface area contributed by atoms with E-state index >= 15 is 0 Å². The number of pyridine rings is 1. The van der Waals surface area contributed by atoms with Gasteiger partial charge in [-0.2, -0.15) is 18.2 Å². The Balaban J connectivity index is 1.54. The third-order valence-corrected chi connectivity index (χ3v) is 13.0. The minimum Gasteiger partial charge on any atom is -0.481 e. The molecule has 2 fully saturated rings. The van der Waals surface area contributed by atoms with Gasteiger partial charge in [0, 0.05) is 23.8 Å². The highest BCUT2D eigenvalue weighted by molar-refractivity contribution is 7.90. The lowest BCUT2D eigenvalue weighted by Gasteiger charge is -2.34. The lowest BCUT2D eigenvalue weighted by molar-refractivity contribution is -0.244. The molecule has 3 heterocycles. The van der Waals surface area contributed by atoms with E-state index in [0.29, 0.717) is 43.9 Å². The van der Waals surface area contributed by atoms with Crippen LogP contribution in [0.15, 0.2) is 42.5 Å². The summed E-state index contributed by atoms with van der Waals surface area (Å²) in [6.07, 6.45) is -2.76. The van der Waals surface area contributed by atoms with Crippen molar-refractivity contribution in [2.75, 3.05) is 20.3 Å². The Morgan fingerprint density at radius 2 is 1.84 bits per heavy atom. The van der Waals surface area contributed by atoms with E-state index in [0.717, 1.165) is 4.90 Å². The maximum atomic E-state index is 14.7. The Morgan fingerprint density at radius 3 is 2.50 bits per heavy atom. The number of halogens is 4. The van der Waals surface area contributed by atoms with Gasteiger partial charge in [0.05, 0.1) is 13.7 Å². The molecular formula is C39H51F4N5O9S. The largest absolute Gasteiger partial charge is 0.481 e. The lowest BCUT2D eigenvalue weighted by Crippen LogP contribution is -2.59. The van der Waals surface area contributed by atoms with Crippen molar-refractivity contribution in [2.24, 2.45) is 17.8 Å². The van der Waals surface area contributed by atoms with Crippen LogP contribution < -0.4 is 24.8 Å². The number of aromatic nitrogens is 1. The molecule has 0 radical (unpaired) electrons. The molecule has 0 spiro atoms. The van der Waals surface area contributed by atoms with Crippen molar-refractivity contribution < 1.29 is 59.4 Å². The summed E-state index contributed by atoms with van der Waals surface area (Å²) < 4.78 is 99.3. The Morgan fingerprint density at radius 1 is 1.14 bits per heavy atom. The van der Waals surface area contributed by atoms with E-state index in [4.69, 9.17) is 14.2 Å². The van der Waals surface area contributed by atoms with E-state index in [-0.39, 0.29) is 43.5 Å². The molecule has 5 rings (SSSR count). The fourth-order valence-electron chi connectivity index (χ4n) is 7.47. The summed E-state index contributed by atoms with van der Waals surface area (Å²) in [7, 11) is -3.07. The Labute approximate surface area is 334 Å². The average Bonchev–Trinajstić information content (AvgIpc) is 3.68. The first-order chi connectivity index (χ1) is 27.2. The van der Waals surface area contributed by atoms with Crippen LogP contribution in [-0.4, -0.2) is 103 Å². The van der Waals surface area contributed by atoms with Crippen LogP contribution >= 0.6 is 0 Å². The number of methoxy groups -OCH3 is 1. The third kappa shape index (κ3) is 9.60. The van der Waals surface area contributed by atoms with E-state index in [1.165, 1.54) is 14.0 Å². The number of hydrogen-bond donors (Lipinski definition) is 3. The quantitative estimate of drug-likeness (QED) is 0.215. The fourth-order valence-corrected chi connectivity index (χ4v) is 8.68. The predicted octanol–water partition coefficient (Wildman–Crippen LogP) is 5.11. The van der Waals surface area contributed by atoms with Gasteiger partial charge in [0.1, 0.15) is 35.7 Å². The van der Waals surface area contributed by atoms with Crippen LogP contribution in [0.4, 0.5) is 22.4 Å². The molecule has 19 heteroatoms. The summed E-state index contributed by atoms with van der Waals surface area (Å²) in [5.41, 5.74) is -4.69. The summed E-state index contributed by atoms with van der Waals surface area (Å²) in [4.78, 5) is 61.7. The number of fused-ring (bicyclic) bond motifs is 3. The number of nitrogens with one attached hydrogen (secondary N) is 3. The number of alkyl halides is 4. The smallest absolute Gasteiger partial charge is 0.427 e. The summed E-state index contributed by atoms with van der Waals surface area (Å²) in [5, 5.41) is 4.84. The fraction of sp³-hybridized carbons (Fsp3) is 0.615. The molecule has 58 heavy (non-hydrogen) atoms. The molecule has 2 aromatic rings. The van der Waals surface area contributed by atoms with Crippen molar-refractivity contribution in [2.45, 2.75) is 114 Å². The number of sulfonamides is 1. The number of alkyl carbamates (subject to hydrolysis) is 1. The number of amides is 4. The molecule has 14 nitrogen and oxygen atoms in total. The summed E-state index contributed by atoms with van der Waals surface area (Å²) in [6.45, 7) is 4.85. The molecule has 3 aliphatic rings. The molecule has 1 saturated heterocycles. The van der Waals surface area contributed by atoms with Gasteiger partial charge >= 0.3 is 12.3 Å². The molecule has 4 amide bonds. The molecule has 2 aliphatic heterocycles. The summed E-state index contributed by atoms with van der Waals surface area (Å²) in [6, 6.07) is 5.94. The molecule has 320 valence electrons. The molecule has 1 saturated carbocycles. The monoisotopic (exact) mass is 841 g/mol. The number of allylic oxidation sites excluding steroid dienone is 1. The van der Waals surface area contributed by atoms with E-state index in [9.17, 15) is 45.2 Å². The van der Waals surface area contributed by atoms with Gasteiger partial charge in [-0.1, -0.05) is 51.1 Å². The third-order valence-electron chi connectivity index (χ3n) is 11.2. The lowest BCUT2D eigenvalue weighted by atomic mass is 9.88. The molecular weight excluding hydrogens is 791 g/mol. The summed E-state index contributed by atoms with van der Waals surface area (Å²) in [5.74, 6) is -3.82. The Bertz CT molecular complexity index is 2010. The minimum absolute atomic E-state index is 0.000917. The van der Waals surface area contributed by atoms with Crippen LogP contribution in [0, 0.1) is 17.8 Å². The zero-order chi connectivity index (χ0) is 42.8. The topological polar surface area (TPSA) is 182 Å². The van der Waals surface area contributed by atoms with Crippen LogP contribution in [0.2, 0.25) is 0 Å². The maximum Gasteiger partial charge on any atom is 0.427 e. The van der Waals surface area contributed by atoms with Crippen LogP contribution in [-0.2, 0) is 29.1 Å². The van der Waals surface area contributed by atoms with Gasteiger partial charge in [0.15, 0.2) is 0 Å². The SMILES string of the molecule is CCC(CF)S(=O)(=O)NC(=O)C12CC1C=CCCC(C)CC(C)C(NC(=O)OC(C)(C)C(F)(F)F)C(=O)N1CC(Oc3nc(OC)cc4ccccc34)CC1C(=O)N2. The molecule has 8 unspecified atom stereocenters. The van der Waals surface area contributed by atoms with Crippen molar-refractivity contribution in [3.63, 3.8) is 0 Å². The normalized spacial score (nSPS) is 27.6. The minimum atomic E-state index is -4.93. The number of nitrogens with zero attached hydrogens (tertiary/aromatic N) is 2. The molecule has 8 atom stereocenters. The predicted molar refractivity (Wildman–Crippen MR) is 204 cm³/mol. The molecule has 1 aliphatic carbocycles. The molecule has 0 bridgehead atoms. The second-order valence-electron chi connectivity index (χ2n) is 15.9. The van der Waals surface area contributed by atoms with E-state index < -0.39 is 93.1 Å². The van der Waals surface area contributed by atoms with Crippen LogP contribution in [0.1, 0.15) is 73.1 Å². The van der Waals surface area contributed by atoms with Gasteiger partial charge in [0.2, 0.25) is 39.2 Å². The van der Waals surface area contributed by atoms with Crippen molar-refractivity contribution in [3.8, 4) is 11.8 Å². The first-order valence-electron chi connectivity index (χ1n) is 19.2. The zero-order valence-corrected chi connectivity index (χ0v) is 34.0. The van der Waals surface area contributed by atoms with E-state index in [1.807, 2.05) is 11.6 Å². The second-order valence-corrected chi connectivity index (χ2v) is 17.9. The Kier molecular flexibility index (Phi) is 13.2. The standard InChI is InChI=1S/C39H51F4N5O9S/c1-7-27(20-40)58(53,54)47-35(51)38-19-25(38)14-10-8-12-22(2)16-23(3)31(45-36(52)57-37(4,5)39(41,42)43)34(50)48-21-26(18-29(48)32(49)46-38)56-33-28-15-11-9-13-24(28)17-30(44-33)55-6/h9-11,13-15,17,22-23,25-27,29,31H,7-8,12,16,18-21H2,1-6H3,(H,45,52)(H,46,49)(H,47,51). The van der Waals surface area contributed by atoms with Gasteiger partial charge in [0.25, 0.3) is 5.91 Å². The highest BCUT2D eigenvalue weighted by Crippen LogP contribution is 2.46. The first kappa shape index (κ1) is 44.4. The van der Waals surface area contributed by atoms with Gasteiger partial charge in [-0.25, -0.2) is 17.6 Å². The number of benzene rings is 1. The maximum absolute atomic E-state index is 14.7. The zero-order valence-electron chi connectivity index (χ0n) is 33.2. The van der Waals surface area contributed by atoms with Crippen LogP contribution in [0.5, 0.6) is 11.8 Å². The number of carbonyl (C=O) groups is 4. The number of hydrogen-bond acceptors (Lipinski definition) is 10. The van der Waals surface area contributed by atoms with Crippen molar-refractivity contribution in [3.05, 3.63) is 42.5 Å². The van der Waals surface area contributed by atoms with Crippen LogP contribution in [0.25, 0.3) is 10.8 Å². The van der Waals surface area contributed by atoms with Crippen molar-refractivity contribution >= 4 is 44.6 Å². The first-order valence-corrected chi connectivity index (χ1v) is 20.8. The highest BCUT2D eigenvalue weighted by atomic mass is 32.2. The number of ether oxygens (including phenoxy) is 3. The average molecular weight is 842 g/mol. The molecule has 3 N–H and O–H groups in total. The van der Waals surface area contributed by atoms with Gasteiger partial charge < -0.3 is 29.7 Å². The van der Waals surface area contributed by atoms with E-state index in [1.54, 1.807) is 49.4 Å². The second kappa shape index (κ2) is 17.3. The van der Waals surface area contributed by atoms with E-state index in [2.05, 4.69) is 15.6 Å². The highest BCUT2D eigenvalue weighted by Gasteiger charge is 2.62. The molecule has 1 aromatic heterocycles. The van der Waals surface area contributed by atoms with Gasteiger partial charge in [-0.15, -0.1) is 0 Å². The van der Waals surface area contributed by atoms with Crippen molar-refractivity contribution in [1.82, 2.24) is 25.2 Å². The Hall–Kier alpha value is -4.68. The molecule has 1 aromatic carbocycles. The summed E-state index contributed by atoms with van der Waals surface area (Å²) >= 11 is 0. The van der Waals surface area contributed by atoms with Gasteiger partial charge in [-0.05, 0) is 69.2 Å². The number of rotatable bonds is 10. The van der Waals surface area contributed by atoms with Crippen molar-refractivity contribution in [1.29, 1.82) is 0 Å².